The Morgan fingerprint density at radius 3 is 1.58 bits per heavy atom. The van der Waals surface area contributed by atoms with Crippen molar-refractivity contribution in [1.29, 1.82) is 0 Å². The van der Waals surface area contributed by atoms with Crippen LogP contribution >= 0.6 is 0 Å². The summed E-state index contributed by atoms with van der Waals surface area (Å²) in [7, 11) is 0. The second kappa shape index (κ2) is 9.64. The van der Waals surface area contributed by atoms with Crippen LogP contribution in [0, 0.1) is 0 Å². The summed E-state index contributed by atoms with van der Waals surface area (Å²) in [6.07, 6.45) is 3.58. The molecule has 0 unspecified atom stereocenters. The summed E-state index contributed by atoms with van der Waals surface area (Å²) in [5.74, 6) is 0. The number of hydrogen-bond donors (Lipinski definition) is 0. The fourth-order valence-corrected chi connectivity index (χ4v) is 1.51. The second-order valence-electron chi connectivity index (χ2n) is 3.85. The topological polar surface area (TPSA) is 54.0 Å². The maximum atomic E-state index is 4.40. The normalized spacial score (nSPS) is 9.89. The molecule has 0 aliphatic heterocycles. The molecule has 19 heavy (non-hydrogen) atoms. The zero-order valence-electron chi connectivity index (χ0n) is 10.5. The Balaban J connectivity index is 0.00000180. The third-order valence-electron chi connectivity index (χ3n) is 2.42. The van der Waals surface area contributed by atoms with Gasteiger partial charge < -0.3 is 10.6 Å². The molecule has 5 heteroatoms. The molecule has 0 amide bonds. The molecule has 0 spiro atoms. The van der Waals surface area contributed by atoms with E-state index in [4.69, 9.17) is 0 Å². The molecular weight excluding hydrogens is 288 g/mol. The van der Waals surface area contributed by atoms with Gasteiger partial charge in [0.15, 0.2) is 0 Å². The Morgan fingerprint density at radius 2 is 1.21 bits per heavy atom. The van der Waals surface area contributed by atoms with Gasteiger partial charge in [-0.15, -0.1) is 13.1 Å². The van der Waals surface area contributed by atoms with E-state index in [1.807, 2.05) is 36.4 Å². The zero-order chi connectivity index (χ0) is 12.5. The Kier molecular flexibility index (Phi) is 8.02. The van der Waals surface area contributed by atoms with Gasteiger partial charge in [-0.1, -0.05) is 12.1 Å². The first-order valence-corrected chi connectivity index (χ1v) is 6.01. The van der Waals surface area contributed by atoms with Crippen molar-refractivity contribution >= 4 is 0 Å². The standard InChI is InChI=1S/C14H16N4.Cu/c1-3-7-17-13(5-1)11-15-9-10-16-12-14-6-2-4-8-18-14;/h1-8H,9-12H2;/q-2;+2. The van der Waals surface area contributed by atoms with E-state index >= 15 is 0 Å². The molecule has 0 atom stereocenters. The summed E-state index contributed by atoms with van der Waals surface area (Å²) in [5, 5.41) is 8.79. The maximum Gasteiger partial charge on any atom is 2.00 e. The minimum absolute atomic E-state index is 0. The third-order valence-corrected chi connectivity index (χ3v) is 2.42. The molecule has 2 heterocycles. The zero-order valence-corrected chi connectivity index (χ0v) is 11.5. The maximum absolute atomic E-state index is 4.40. The monoisotopic (exact) mass is 303 g/mol. The molecule has 0 aromatic carbocycles. The predicted octanol–water partition coefficient (Wildman–Crippen LogP) is 2.92. The molecule has 1 radical (unpaired) electrons. The first-order chi connectivity index (χ1) is 8.95. The number of nitrogens with zero attached hydrogens (tertiary/aromatic N) is 4. The molecule has 2 aromatic rings. The molecule has 4 nitrogen and oxygen atoms in total. The van der Waals surface area contributed by atoms with Crippen molar-refractivity contribution in [2.45, 2.75) is 13.1 Å². The molecule has 0 aliphatic rings. The van der Waals surface area contributed by atoms with Crippen LogP contribution in [0.2, 0.25) is 0 Å². The van der Waals surface area contributed by atoms with Crippen molar-refractivity contribution < 1.29 is 17.1 Å². The van der Waals surface area contributed by atoms with Gasteiger partial charge >= 0.3 is 17.1 Å². The van der Waals surface area contributed by atoms with Crippen LogP contribution in [-0.4, -0.2) is 23.1 Å². The van der Waals surface area contributed by atoms with E-state index in [-0.39, 0.29) is 17.1 Å². The quantitative estimate of drug-likeness (QED) is 0.583. The molecule has 103 valence electrons. The molecule has 2 rings (SSSR count). The van der Waals surface area contributed by atoms with Gasteiger partial charge in [0, 0.05) is 23.8 Å². The third kappa shape index (κ3) is 6.45. The van der Waals surface area contributed by atoms with Crippen molar-refractivity contribution in [2.75, 3.05) is 13.1 Å². The van der Waals surface area contributed by atoms with Gasteiger partial charge in [0.05, 0.1) is 0 Å². The van der Waals surface area contributed by atoms with Crippen molar-refractivity contribution in [3.63, 3.8) is 0 Å². The van der Waals surface area contributed by atoms with Gasteiger partial charge in [-0.05, 0) is 24.3 Å². The second-order valence-corrected chi connectivity index (χ2v) is 3.85. The Bertz CT molecular complexity index is 392. The summed E-state index contributed by atoms with van der Waals surface area (Å²) >= 11 is 0. The van der Waals surface area contributed by atoms with E-state index in [2.05, 4.69) is 20.6 Å². The predicted molar refractivity (Wildman–Crippen MR) is 72.3 cm³/mol. The number of aromatic nitrogens is 2. The first kappa shape index (κ1) is 15.8. The van der Waals surface area contributed by atoms with Crippen LogP contribution in [0.25, 0.3) is 10.6 Å². The van der Waals surface area contributed by atoms with E-state index < -0.39 is 0 Å². The van der Waals surface area contributed by atoms with Crippen molar-refractivity contribution in [2.24, 2.45) is 0 Å². The largest absolute Gasteiger partial charge is 2.00 e. The summed E-state index contributed by atoms with van der Waals surface area (Å²) < 4.78 is 0. The van der Waals surface area contributed by atoms with Crippen LogP contribution in [-0.2, 0) is 30.2 Å². The van der Waals surface area contributed by atoms with Gasteiger partial charge in [-0.2, -0.15) is 13.1 Å². The summed E-state index contributed by atoms with van der Waals surface area (Å²) in [6, 6.07) is 11.7. The first-order valence-electron chi connectivity index (χ1n) is 6.01. The van der Waals surface area contributed by atoms with Gasteiger partial charge in [0.2, 0.25) is 0 Å². The van der Waals surface area contributed by atoms with Gasteiger partial charge in [-0.25, -0.2) is 0 Å². The number of hydrogen-bond acceptors (Lipinski definition) is 2. The van der Waals surface area contributed by atoms with Crippen LogP contribution in [0.15, 0.2) is 48.8 Å². The van der Waals surface area contributed by atoms with Crippen LogP contribution in [0.3, 0.4) is 0 Å². The number of pyridine rings is 2. The van der Waals surface area contributed by atoms with E-state index in [1.54, 1.807) is 12.4 Å². The van der Waals surface area contributed by atoms with E-state index in [1.165, 1.54) is 0 Å². The minimum Gasteiger partial charge on any atom is -0.659 e. The van der Waals surface area contributed by atoms with Crippen molar-refractivity contribution in [1.82, 2.24) is 9.97 Å². The van der Waals surface area contributed by atoms with Crippen molar-refractivity contribution in [3.8, 4) is 0 Å². The van der Waals surface area contributed by atoms with Crippen LogP contribution in [0.1, 0.15) is 11.4 Å². The molecule has 0 bridgehead atoms. The minimum atomic E-state index is 0. The molecule has 0 N–H and O–H groups in total. The Morgan fingerprint density at radius 1 is 0.737 bits per heavy atom. The molecular formula is C14H16CuN4. The fraction of sp³-hybridized carbons (Fsp3) is 0.286. The average molecular weight is 304 g/mol. The van der Waals surface area contributed by atoms with Crippen LogP contribution in [0.4, 0.5) is 0 Å². The molecule has 0 aliphatic carbocycles. The Labute approximate surface area is 124 Å². The van der Waals surface area contributed by atoms with Gasteiger partial charge in [0.25, 0.3) is 0 Å². The summed E-state index contributed by atoms with van der Waals surface area (Å²) in [5.41, 5.74) is 2.00. The van der Waals surface area contributed by atoms with Crippen molar-refractivity contribution in [3.05, 3.63) is 70.8 Å². The summed E-state index contributed by atoms with van der Waals surface area (Å²) in [4.78, 5) is 8.42. The molecule has 0 saturated heterocycles. The molecule has 2 aromatic heterocycles. The van der Waals surface area contributed by atoms with E-state index in [0.717, 1.165) is 24.5 Å². The SMILES string of the molecule is [Cu+2].c1ccc(C[N-]CC[N-]Cc2ccccn2)nc1. The molecule has 0 saturated carbocycles. The number of rotatable bonds is 7. The molecule has 0 fully saturated rings. The summed E-state index contributed by atoms with van der Waals surface area (Å²) in [6.45, 7) is 2.81. The Hall–Kier alpha value is -1.26. The van der Waals surface area contributed by atoms with Crippen LogP contribution < -0.4 is 0 Å². The van der Waals surface area contributed by atoms with Gasteiger partial charge in [0.1, 0.15) is 0 Å². The smallest absolute Gasteiger partial charge is 0.659 e. The van der Waals surface area contributed by atoms with E-state index in [0.29, 0.717) is 13.1 Å². The van der Waals surface area contributed by atoms with E-state index in [9.17, 15) is 0 Å². The average Bonchev–Trinajstić information content (AvgIpc) is 2.45. The van der Waals surface area contributed by atoms with Crippen LogP contribution in [0.5, 0.6) is 0 Å². The van der Waals surface area contributed by atoms with Gasteiger partial charge in [-0.3, -0.25) is 9.97 Å². The fourth-order valence-electron chi connectivity index (χ4n) is 1.51.